The van der Waals surface area contributed by atoms with Crippen molar-refractivity contribution in [1.82, 2.24) is 5.43 Å². The van der Waals surface area contributed by atoms with Crippen LogP contribution >= 0.6 is 0 Å². The second kappa shape index (κ2) is 4.32. The third-order valence-electron chi connectivity index (χ3n) is 2.49. The number of hydrazine groups is 1. The normalized spacial score (nSPS) is 21.5. The maximum absolute atomic E-state index is 8.48. The van der Waals surface area contributed by atoms with Crippen LogP contribution in [0.3, 0.4) is 0 Å². The number of nitrogens with zero attached hydrogens (tertiary/aromatic N) is 1. The summed E-state index contributed by atoms with van der Waals surface area (Å²) in [7, 11) is 0. The van der Waals surface area contributed by atoms with Gasteiger partial charge in [-0.1, -0.05) is 12.8 Å². The van der Waals surface area contributed by atoms with E-state index in [4.69, 9.17) is 11.1 Å². The molecule has 0 saturated heterocycles. The molecule has 0 radical (unpaired) electrons. The standard InChI is InChI=1S/C8H15N3/c9-6-5-8(11-10)7-3-1-2-4-7/h7-8,11H,1-5,10H2. The SMILES string of the molecule is N#CCC(NN)C1CCCC1. The smallest absolute Gasteiger partial charge is 0.0638 e. The first kappa shape index (κ1) is 8.51. The van der Waals surface area contributed by atoms with Gasteiger partial charge in [0.05, 0.1) is 12.5 Å². The molecule has 3 nitrogen and oxygen atoms in total. The number of nitrogens with two attached hydrogens (primary N) is 1. The maximum atomic E-state index is 8.48. The van der Waals surface area contributed by atoms with Crippen molar-refractivity contribution in [2.45, 2.75) is 38.1 Å². The molecule has 1 unspecified atom stereocenters. The summed E-state index contributed by atoms with van der Waals surface area (Å²) in [4.78, 5) is 0. The Kier molecular flexibility index (Phi) is 3.34. The van der Waals surface area contributed by atoms with Gasteiger partial charge in [0.2, 0.25) is 0 Å². The molecule has 0 spiro atoms. The summed E-state index contributed by atoms with van der Waals surface area (Å²) in [5, 5.41) is 8.48. The lowest BCUT2D eigenvalue weighted by atomic mass is 9.97. The quantitative estimate of drug-likeness (QED) is 0.468. The first-order valence-corrected chi connectivity index (χ1v) is 4.21. The van der Waals surface area contributed by atoms with Crippen molar-refractivity contribution in [1.29, 1.82) is 5.26 Å². The van der Waals surface area contributed by atoms with Crippen molar-refractivity contribution in [3.63, 3.8) is 0 Å². The molecule has 11 heavy (non-hydrogen) atoms. The van der Waals surface area contributed by atoms with Gasteiger partial charge in [0, 0.05) is 6.04 Å². The highest BCUT2D eigenvalue weighted by molar-refractivity contribution is 4.86. The summed E-state index contributed by atoms with van der Waals surface area (Å²) in [6, 6.07) is 2.38. The average Bonchev–Trinajstić information content (AvgIpc) is 2.52. The monoisotopic (exact) mass is 153 g/mol. The number of nitrogens with one attached hydrogen (secondary N) is 1. The van der Waals surface area contributed by atoms with Gasteiger partial charge in [0.1, 0.15) is 0 Å². The Balaban J connectivity index is 2.34. The predicted octanol–water partition coefficient (Wildman–Crippen LogP) is 0.922. The minimum Gasteiger partial charge on any atom is -0.271 e. The van der Waals surface area contributed by atoms with E-state index < -0.39 is 0 Å². The fraction of sp³-hybridized carbons (Fsp3) is 0.875. The van der Waals surface area contributed by atoms with Gasteiger partial charge in [-0.2, -0.15) is 5.26 Å². The molecule has 1 atom stereocenters. The van der Waals surface area contributed by atoms with E-state index in [-0.39, 0.29) is 6.04 Å². The molecule has 3 N–H and O–H groups in total. The molecule has 0 aromatic carbocycles. The van der Waals surface area contributed by atoms with Gasteiger partial charge in [-0.3, -0.25) is 11.3 Å². The molecule has 1 saturated carbocycles. The molecule has 1 aliphatic rings. The zero-order valence-electron chi connectivity index (χ0n) is 6.71. The number of nitriles is 1. The van der Waals surface area contributed by atoms with Crippen LogP contribution in [0, 0.1) is 17.2 Å². The summed E-state index contributed by atoms with van der Waals surface area (Å²) in [6.45, 7) is 0. The van der Waals surface area contributed by atoms with Gasteiger partial charge in [0.25, 0.3) is 0 Å². The van der Waals surface area contributed by atoms with E-state index in [1.807, 2.05) is 0 Å². The molecule has 0 heterocycles. The molecule has 62 valence electrons. The van der Waals surface area contributed by atoms with Crippen LogP contribution in [-0.4, -0.2) is 6.04 Å². The molecule has 0 bridgehead atoms. The van der Waals surface area contributed by atoms with Crippen LogP contribution in [0.1, 0.15) is 32.1 Å². The Bertz CT molecular complexity index is 144. The van der Waals surface area contributed by atoms with Crippen LogP contribution in [0.15, 0.2) is 0 Å². The van der Waals surface area contributed by atoms with Crippen LogP contribution in [0.5, 0.6) is 0 Å². The predicted molar refractivity (Wildman–Crippen MR) is 43.3 cm³/mol. The van der Waals surface area contributed by atoms with E-state index in [1.165, 1.54) is 25.7 Å². The third kappa shape index (κ3) is 2.18. The average molecular weight is 153 g/mol. The first-order chi connectivity index (χ1) is 5.38. The van der Waals surface area contributed by atoms with Crippen molar-refractivity contribution in [3.8, 4) is 6.07 Å². The summed E-state index contributed by atoms with van der Waals surface area (Å²) in [6.07, 6.45) is 5.61. The highest BCUT2D eigenvalue weighted by atomic mass is 15.2. The Morgan fingerprint density at radius 3 is 2.64 bits per heavy atom. The molecule has 1 fully saturated rings. The van der Waals surface area contributed by atoms with Gasteiger partial charge in [-0.25, -0.2) is 0 Å². The highest BCUT2D eigenvalue weighted by Crippen LogP contribution is 2.28. The minimum absolute atomic E-state index is 0.225. The Labute approximate surface area is 67.5 Å². The molecule has 0 aromatic heterocycles. The van der Waals surface area contributed by atoms with Crippen LogP contribution in [-0.2, 0) is 0 Å². The second-order valence-electron chi connectivity index (χ2n) is 3.18. The largest absolute Gasteiger partial charge is 0.271 e. The van der Waals surface area contributed by atoms with Crippen molar-refractivity contribution >= 4 is 0 Å². The zero-order valence-corrected chi connectivity index (χ0v) is 6.71. The van der Waals surface area contributed by atoms with E-state index in [9.17, 15) is 0 Å². The molecule has 0 aliphatic heterocycles. The topological polar surface area (TPSA) is 61.8 Å². The zero-order chi connectivity index (χ0) is 8.10. The molecule has 3 heteroatoms. The van der Waals surface area contributed by atoms with Crippen molar-refractivity contribution < 1.29 is 0 Å². The van der Waals surface area contributed by atoms with Crippen LogP contribution in [0.2, 0.25) is 0 Å². The van der Waals surface area contributed by atoms with Crippen molar-refractivity contribution in [2.75, 3.05) is 0 Å². The van der Waals surface area contributed by atoms with Gasteiger partial charge in [-0.15, -0.1) is 0 Å². The lowest BCUT2D eigenvalue weighted by molar-refractivity contribution is 0.368. The Morgan fingerprint density at radius 1 is 1.55 bits per heavy atom. The highest BCUT2D eigenvalue weighted by Gasteiger charge is 2.23. The van der Waals surface area contributed by atoms with Crippen LogP contribution in [0.25, 0.3) is 0 Å². The van der Waals surface area contributed by atoms with E-state index in [0.29, 0.717) is 12.3 Å². The summed E-state index contributed by atoms with van der Waals surface area (Å²) in [5.41, 5.74) is 2.72. The molecule has 0 amide bonds. The molecule has 0 aromatic rings. The molecule has 1 aliphatic carbocycles. The summed E-state index contributed by atoms with van der Waals surface area (Å²) in [5.74, 6) is 5.98. The maximum Gasteiger partial charge on any atom is 0.0638 e. The molecular formula is C8H15N3. The third-order valence-corrected chi connectivity index (χ3v) is 2.49. The van der Waals surface area contributed by atoms with Gasteiger partial charge in [-0.05, 0) is 18.8 Å². The van der Waals surface area contributed by atoms with Gasteiger partial charge >= 0.3 is 0 Å². The van der Waals surface area contributed by atoms with Gasteiger partial charge < -0.3 is 0 Å². The number of hydrogen-bond donors (Lipinski definition) is 2. The van der Waals surface area contributed by atoms with Crippen LogP contribution in [0.4, 0.5) is 0 Å². The Morgan fingerprint density at radius 2 is 2.18 bits per heavy atom. The molecule has 1 rings (SSSR count). The van der Waals surface area contributed by atoms with Gasteiger partial charge in [0.15, 0.2) is 0 Å². The Hall–Kier alpha value is -0.590. The molecular weight excluding hydrogens is 138 g/mol. The van der Waals surface area contributed by atoms with E-state index in [1.54, 1.807) is 0 Å². The summed E-state index contributed by atoms with van der Waals surface area (Å²) >= 11 is 0. The minimum atomic E-state index is 0.225. The van der Waals surface area contributed by atoms with E-state index in [2.05, 4.69) is 11.5 Å². The van der Waals surface area contributed by atoms with Crippen molar-refractivity contribution in [2.24, 2.45) is 11.8 Å². The van der Waals surface area contributed by atoms with E-state index >= 15 is 0 Å². The fourth-order valence-corrected chi connectivity index (χ4v) is 1.82. The fourth-order valence-electron chi connectivity index (χ4n) is 1.82. The lowest BCUT2D eigenvalue weighted by Gasteiger charge is -2.18. The van der Waals surface area contributed by atoms with Crippen LogP contribution < -0.4 is 11.3 Å². The second-order valence-corrected chi connectivity index (χ2v) is 3.18. The number of rotatable bonds is 3. The van der Waals surface area contributed by atoms with Crippen molar-refractivity contribution in [3.05, 3.63) is 0 Å². The lowest BCUT2D eigenvalue weighted by Crippen LogP contribution is -2.39. The van der Waals surface area contributed by atoms with E-state index in [0.717, 1.165) is 0 Å². The number of hydrogen-bond acceptors (Lipinski definition) is 3. The first-order valence-electron chi connectivity index (χ1n) is 4.21. The summed E-state index contributed by atoms with van der Waals surface area (Å²) < 4.78 is 0.